The molecule has 1 aromatic heterocycles. The van der Waals surface area contributed by atoms with Gasteiger partial charge in [0, 0.05) is 25.7 Å². The molecule has 4 heteroatoms. The quantitative estimate of drug-likeness (QED) is 0.879. The summed E-state index contributed by atoms with van der Waals surface area (Å²) < 4.78 is 0. The molecular formula is C14H24N4. The van der Waals surface area contributed by atoms with Gasteiger partial charge in [-0.25, -0.2) is 0 Å². The summed E-state index contributed by atoms with van der Waals surface area (Å²) in [4.78, 5) is 9.14. The molecule has 1 aliphatic rings. The minimum absolute atomic E-state index is 0.00493. The molecule has 2 rings (SSSR count). The van der Waals surface area contributed by atoms with Crippen LogP contribution in [0.3, 0.4) is 0 Å². The second-order valence-corrected chi connectivity index (χ2v) is 5.39. The maximum atomic E-state index is 5.81. The van der Waals surface area contributed by atoms with Crippen LogP contribution in [0.1, 0.15) is 31.5 Å². The number of nitrogens with zero attached hydrogens (tertiary/aromatic N) is 3. The first-order valence-corrected chi connectivity index (χ1v) is 6.71. The molecule has 4 nitrogen and oxygen atoms in total. The molecule has 2 atom stereocenters. The van der Waals surface area contributed by atoms with Crippen LogP contribution in [0.25, 0.3) is 0 Å². The molecule has 1 aliphatic heterocycles. The maximum absolute atomic E-state index is 5.81. The number of hydrogen-bond acceptors (Lipinski definition) is 4. The third-order valence-corrected chi connectivity index (χ3v) is 3.83. The number of aromatic nitrogens is 1. The van der Waals surface area contributed by atoms with E-state index >= 15 is 0 Å². The molecule has 2 unspecified atom stereocenters. The van der Waals surface area contributed by atoms with Gasteiger partial charge in [0.25, 0.3) is 0 Å². The number of nitrogens with two attached hydrogens (primary N) is 1. The van der Waals surface area contributed by atoms with Crippen molar-refractivity contribution in [1.29, 1.82) is 0 Å². The molecule has 0 radical (unpaired) electrons. The van der Waals surface area contributed by atoms with Crippen molar-refractivity contribution in [3.05, 3.63) is 24.0 Å². The van der Waals surface area contributed by atoms with Crippen molar-refractivity contribution in [2.75, 3.05) is 32.1 Å². The summed E-state index contributed by atoms with van der Waals surface area (Å²) in [6.07, 6.45) is 4.54. The summed E-state index contributed by atoms with van der Waals surface area (Å²) in [5.74, 6) is 0. The summed E-state index contributed by atoms with van der Waals surface area (Å²) >= 11 is 0. The molecule has 0 amide bonds. The molecule has 0 aromatic carbocycles. The van der Waals surface area contributed by atoms with Gasteiger partial charge in [0.1, 0.15) is 0 Å². The molecular weight excluding hydrogens is 224 g/mol. The van der Waals surface area contributed by atoms with Crippen LogP contribution in [0.15, 0.2) is 18.3 Å². The fraction of sp³-hybridized carbons (Fsp3) is 0.643. The zero-order valence-electron chi connectivity index (χ0n) is 11.6. The van der Waals surface area contributed by atoms with E-state index in [1.807, 2.05) is 19.2 Å². The Morgan fingerprint density at radius 1 is 1.56 bits per heavy atom. The molecule has 18 heavy (non-hydrogen) atoms. The summed E-state index contributed by atoms with van der Waals surface area (Å²) in [6.45, 7) is 4.25. The monoisotopic (exact) mass is 248 g/mol. The molecule has 0 bridgehead atoms. The van der Waals surface area contributed by atoms with Crippen LogP contribution < -0.4 is 10.6 Å². The lowest BCUT2D eigenvalue weighted by Crippen LogP contribution is -2.36. The molecule has 0 saturated carbocycles. The average Bonchev–Trinajstić information content (AvgIpc) is 2.75. The van der Waals surface area contributed by atoms with E-state index in [-0.39, 0.29) is 6.04 Å². The van der Waals surface area contributed by atoms with Gasteiger partial charge in [-0.05, 0) is 45.5 Å². The van der Waals surface area contributed by atoms with E-state index in [9.17, 15) is 0 Å². The lowest BCUT2D eigenvalue weighted by molar-refractivity contribution is 0.314. The van der Waals surface area contributed by atoms with E-state index in [1.165, 1.54) is 25.1 Å². The normalized spacial score (nSPS) is 22.1. The Morgan fingerprint density at radius 3 is 2.83 bits per heavy atom. The number of rotatable bonds is 4. The standard InChI is InChI=1S/C14H24N4/c1-11(15)14-7-6-12(9-16-14)18(3)10-13-5-4-8-17(13)2/h6-7,9,11,13H,4-5,8,10,15H2,1-3H3. The van der Waals surface area contributed by atoms with Crippen molar-refractivity contribution in [1.82, 2.24) is 9.88 Å². The van der Waals surface area contributed by atoms with Gasteiger partial charge >= 0.3 is 0 Å². The van der Waals surface area contributed by atoms with E-state index < -0.39 is 0 Å². The van der Waals surface area contributed by atoms with Crippen molar-refractivity contribution >= 4 is 5.69 Å². The Labute approximate surface area is 110 Å². The van der Waals surface area contributed by atoms with Crippen molar-refractivity contribution in [3.63, 3.8) is 0 Å². The van der Waals surface area contributed by atoms with Crippen molar-refractivity contribution in [2.45, 2.75) is 31.8 Å². The maximum Gasteiger partial charge on any atom is 0.0569 e. The molecule has 1 fully saturated rings. The van der Waals surface area contributed by atoms with Crippen LogP contribution in [-0.2, 0) is 0 Å². The highest BCUT2D eigenvalue weighted by Gasteiger charge is 2.22. The Hall–Kier alpha value is -1.13. The molecule has 100 valence electrons. The Morgan fingerprint density at radius 2 is 2.33 bits per heavy atom. The van der Waals surface area contributed by atoms with E-state index in [2.05, 4.69) is 34.9 Å². The first-order valence-electron chi connectivity index (χ1n) is 6.71. The first kappa shape index (κ1) is 13.3. The second kappa shape index (κ2) is 5.67. The molecule has 1 saturated heterocycles. The van der Waals surface area contributed by atoms with Crippen molar-refractivity contribution < 1.29 is 0 Å². The lowest BCUT2D eigenvalue weighted by Gasteiger charge is -2.27. The number of pyridine rings is 1. The number of hydrogen-bond donors (Lipinski definition) is 1. The van der Waals surface area contributed by atoms with Gasteiger partial charge in [-0.3, -0.25) is 4.98 Å². The van der Waals surface area contributed by atoms with Gasteiger partial charge in [-0.15, -0.1) is 0 Å². The van der Waals surface area contributed by atoms with E-state index in [1.54, 1.807) is 0 Å². The van der Waals surface area contributed by atoms with Gasteiger partial charge in [-0.2, -0.15) is 0 Å². The minimum Gasteiger partial charge on any atom is -0.372 e. The van der Waals surface area contributed by atoms with Gasteiger partial charge in [-0.1, -0.05) is 0 Å². The predicted molar refractivity (Wildman–Crippen MR) is 75.8 cm³/mol. The highest BCUT2D eigenvalue weighted by molar-refractivity contribution is 5.44. The van der Waals surface area contributed by atoms with Crippen LogP contribution in [0.5, 0.6) is 0 Å². The van der Waals surface area contributed by atoms with Gasteiger partial charge in [0.2, 0.25) is 0 Å². The third-order valence-electron chi connectivity index (χ3n) is 3.83. The van der Waals surface area contributed by atoms with Crippen molar-refractivity contribution in [2.24, 2.45) is 5.73 Å². The second-order valence-electron chi connectivity index (χ2n) is 5.39. The van der Waals surface area contributed by atoms with Crippen LogP contribution in [0.4, 0.5) is 5.69 Å². The third kappa shape index (κ3) is 3.00. The summed E-state index contributed by atoms with van der Waals surface area (Å²) in [6, 6.07) is 4.81. The van der Waals surface area contributed by atoms with Crippen molar-refractivity contribution in [3.8, 4) is 0 Å². The number of likely N-dealkylation sites (N-methyl/N-ethyl adjacent to an activating group) is 2. The fourth-order valence-corrected chi connectivity index (χ4v) is 2.52. The number of likely N-dealkylation sites (tertiary alicyclic amines) is 1. The molecule has 2 N–H and O–H groups in total. The highest BCUT2D eigenvalue weighted by atomic mass is 15.2. The van der Waals surface area contributed by atoms with Gasteiger partial charge < -0.3 is 15.5 Å². The molecule has 2 heterocycles. The topological polar surface area (TPSA) is 45.4 Å². The zero-order valence-corrected chi connectivity index (χ0v) is 11.6. The van der Waals surface area contributed by atoms with E-state index in [0.29, 0.717) is 6.04 Å². The predicted octanol–water partition coefficient (Wildman–Crippen LogP) is 1.63. The Kier molecular flexibility index (Phi) is 4.19. The molecule has 0 aliphatic carbocycles. The SMILES string of the molecule is CC(N)c1ccc(N(C)CC2CCCN2C)cn1. The minimum atomic E-state index is 0.00493. The van der Waals surface area contributed by atoms with E-state index in [4.69, 9.17) is 5.73 Å². The van der Waals surface area contributed by atoms with Crippen LogP contribution in [-0.4, -0.2) is 43.1 Å². The fourth-order valence-electron chi connectivity index (χ4n) is 2.52. The van der Waals surface area contributed by atoms with Gasteiger partial charge in [0.05, 0.1) is 17.6 Å². The summed E-state index contributed by atoms with van der Waals surface area (Å²) in [5.41, 5.74) is 7.92. The molecule has 1 aromatic rings. The largest absolute Gasteiger partial charge is 0.372 e. The van der Waals surface area contributed by atoms with Crippen LogP contribution >= 0.6 is 0 Å². The summed E-state index contributed by atoms with van der Waals surface area (Å²) in [7, 11) is 4.34. The first-order chi connectivity index (χ1) is 8.58. The van der Waals surface area contributed by atoms with E-state index in [0.717, 1.165) is 12.2 Å². The Bertz CT molecular complexity index is 374. The summed E-state index contributed by atoms with van der Waals surface area (Å²) in [5, 5.41) is 0. The highest BCUT2D eigenvalue weighted by Crippen LogP contribution is 2.19. The molecule has 0 spiro atoms. The average molecular weight is 248 g/mol. The van der Waals surface area contributed by atoms with Crippen LogP contribution in [0, 0.1) is 0 Å². The van der Waals surface area contributed by atoms with Gasteiger partial charge in [0.15, 0.2) is 0 Å². The number of anilines is 1. The van der Waals surface area contributed by atoms with Crippen LogP contribution in [0.2, 0.25) is 0 Å². The Balaban J connectivity index is 1.98. The smallest absolute Gasteiger partial charge is 0.0569 e. The lowest BCUT2D eigenvalue weighted by atomic mass is 10.2. The zero-order chi connectivity index (χ0) is 13.1.